The van der Waals surface area contributed by atoms with E-state index >= 15 is 0 Å². The molecule has 0 bridgehead atoms. The predicted octanol–water partition coefficient (Wildman–Crippen LogP) is 2.66. The quantitative estimate of drug-likeness (QED) is 0.496. The largest absolute Gasteiger partial charge is 0.702 e. The first-order valence-electron chi connectivity index (χ1n) is 4.96. The summed E-state index contributed by atoms with van der Waals surface area (Å²) in [5.74, 6) is -0.958. The molecule has 0 aromatic heterocycles. The number of hydrogen-bond acceptors (Lipinski definition) is 4. The van der Waals surface area contributed by atoms with Crippen molar-refractivity contribution in [3.8, 4) is 0 Å². The molecule has 7 heteroatoms. The third-order valence-electron chi connectivity index (χ3n) is 0.832. The van der Waals surface area contributed by atoms with Crippen molar-refractivity contribution in [1.29, 1.82) is 0 Å². The van der Waals surface area contributed by atoms with Gasteiger partial charge in [-0.15, -0.1) is 0 Å². The van der Waals surface area contributed by atoms with Gasteiger partial charge in [0, 0.05) is 33.1 Å². The molecule has 0 aliphatic heterocycles. The Morgan fingerprint density at radius 3 is 1.11 bits per heavy atom. The van der Waals surface area contributed by atoms with Crippen molar-refractivity contribution in [3.05, 3.63) is 29.3 Å². The summed E-state index contributed by atoms with van der Waals surface area (Å²) in [5, 5.41) is 15.8. The summed E-state index contributed by atoms with van der Waals surface area (Å²) < 4.78 is 0. The number of carboxylic acid groups (broad SMARTS) is 1. The first-order chi connectivity index (χ1) is 7.98. The van der Waals surface area contributed by atoms with E-state index in [1.54, 1.807) is 6.92 Å². The molecule has 0 aliphatic rings. The molecular weight excluding hydrogens is 430 g/mol. The van der Waals surface area contributed by atoms with E-state index in [9.17, 15) is 9.59 Å². The Bertz CT molecular complexity index is 308. The van der Waals surface area contributed by atoms with Crippen LogP contribution in [0.1, 0.15) is 34.6 Å². The second kappa shape index (κ2) is 16.5. The molecule has 0 aromatic carbocycles. The molecule has 19 heavy (non-hydrogen) atoms. The molecule has 0 fully saturated rings. The van der Waals surface area contributed by atoms with Gasteiger partial charge in [-0.3, -0.25) is 14.4 Å². The zero-order valence-corrected chi connectivity index (χ0v) is 14.0. The van der Waals surface area contributed by atoms with Crippen LogP contribution in [0.3, 0.4) is 0 Å². The number of rotatable bonds is 2. The van der Waals surface area contributed by atoms with Crippen LogP contribution in [0.25, 0.3) is 5.73 Å². The number of carboxylic acids is 1. The summed E-state index contributed by atoms with van der Waals surface area (Å²) in [7, 11) is 0. The first-order valence-corrected chi connectivity index (χ1v) is 4.96. The number of allylic oxidation sites excluding steroid dienone is 4. The van der Waals surface area contributed by atoms with Crippen LogP contribution in [0.5, 0.6) is 0 Å². The van der Waals surface area contributed by atoms with Crippen molar-refractivity contribution < 1.29 is 44.7 Å². The SMILES string of the molecule is CC(=O)/C=C(/C)O.CC(=O)/C=C(/C)[NH-].CC(=O)O.[Ir]. The number of carbonyl (C=O) groups excluding carboxylic acids is 2. The maximum Gasteiger partial charge on any atom is 0.300 e. The molecule has 113 valence electrons. The zero-order valence-electron chi connectivity index (χ0n) is 11.6. The van der Waals surface area contributed by atoms with Crippen LogP contribution in [-0.2, 0) is 34.5 Å². The minimum absolute atomic E-state index is 0. The summed E-state index contributed by atoms with van der Waals surface area (Å²) in [4.78, 5) is 29.1. The van der Waals surface area contributed by atoms with Crippen LogP contribution in [0.2, 0.25) is 0 Å². The fourth-order valence-electron chi connectivity index (χ4n) is 0.599. The Balaban J connectivity index is -0.0000000900. The summed E-state index contributed by atoms with van der Waals surface area (Å²) in [6.07, 6.45) is 2.44. The van der Waals surface area contributed by atoms with Crippen LogP contribution in [0.15, 0.2) is 23.6 Å². The molecule has 6 nitrogen and oxygen atoms in total. The summed E-state index contributed by atoms with van der Waals surface area (Å²) in [6.45, 7) is 6.93. The van der Waals surface area contributed by atoms with Crippen molar-refractivity contribution in [2.24, 2.45) is 0 Å². The van der Waals surface area contributed by atoms with Crippen LogP contribution < -0.4 is 0 Å². The van der Waals surface area contributed by atoms with E-state index in [2.05, 4.69) is 0 Å². The Kier molecular flexibility index (Phi) is 22.8. The van der Waals surface area contributed by atoms with E-state index in [-0.39, 0.29) is 37.4 Å². The van der Waals surface area contributed by atoms with Gasteiger partial charge >= 0.3 is 0 Å². The van der Waals surface area contributed by atoms with Gasteiger partial charge in [-0.1, -0.05) is 6.92 Å². The van der Waals surface area contributed by atoms with E-state index < -0.39 is 5.97 Å². The molecule has 0 rings (SSSR count). The molecule has 0 saturated carbocycles. The molecular formula is C12H20IrNO5-. The van der Waals surface area contributed by atoms with Gasteiger partial charge in [0.05, 0.1) is 5.76 Å². The van der Waals surface area contributed by atoms with Gasteiger partial charge in [-0.25, -0.2) is 0 Å². The van der Waals surface area contributed by atoms with Crippen LogP contribution in [0.4, 0.5) is 0 Å². The number of aliphatic hydroxyl groups is 1. The van der Waals surface area contributed by atoms with E-state index in [1.165, 1.54) is 32.9 Å². The van der Waals surface area contributed by atoms with Crippen LogP contribution in [-0.4, -0.2) is 27.7 Å². The number of carbonyl (C=O) groups is 3. The predicted molar refractivity (Wildman–Crippen MR) is 69.1 cm³/mol. The summed E-state index contributed by atoms with van der Waals surface area (Å²) in [5.41, 5.74) is 7.06. The minimum Gasteiger partial charge on any atom is -0.702 e. The zero-order chi connectivity index (χ0) is 15.3. The Morgan fingerprint density at radius 1 is 0.842 bits per heavy atom. The fraction of sp³-hybridized carbons (Fsp3) is 0.417. The average molecular weight is 451 g/mol. The minimum atomic E-state index is -0.833. The molecule has 0 heterocycles. The number of ketones is 2. The van der Waals surface area contributed by atoms with Crippen molar-refractivity contribution >= 4 is 17.5 Å². The van der Waals surface area contributed by atoms with Gasteiger partial charge in [0.1, 0.15) is 0 Å². The number of aliphatic hydroxyl groups excluding tert-OH is 1. The topological polar surface area (TPSA) is 115 Å². The second-order valence-corrected chi connectivity index (χ2v) is 3.35. The van der Waals surface area contributed by atoms with E-state index in [0.717, 1.165) is 6.92 Å². The standard InChI is InChI=1S/C5H9NO.C5H8O2.C2H4O2.Ir/c2*1-4(6)3-5(2)7;1-2(3)4;/h3H,1-2H3,(H2,6,7);3,6H,1-2H3;1H3,(H,3,4);/p-1/b;4-3-;;. The maximum absolute atomic E-state index is 10.1. The fourth-order valence-corrected chi connectivity index (χ4v) is 0.599. The van der Waals surface area contributed by atoms with Gasteiger partial charge < -0.3 is 15.9 Å². The average Bonchev–Trinajstić information content (AvgIpc) is 1.96. The maximum atomic E-state index is 10.1. The number of hydrogen-bond donors (Lipinski definition) is 2. The molecule has 0 unspecified atom stereocenters. The summed E-state index contributed by atoms with van der Waals surface area (Å²) >= 11 is 0. The van der Waals surface area contributed by atoms with Gasteiger partial charge in [0.2, 0.25) is 0 Å². The normalized spacial score (nSPS) is 9.74. The number of aliphatic carboxylic acids is 1. The molecule has 3 N–H and O–H groups in total. The van der Waals surface area contributed by atoms with Crippen molar-refractivity contribution in [3.63, 3.8) is 0 Å². The third kappa shape index (κ3) is 81.8. The van der Waals surface area contributed by atoms with Crippen molar-refractivity contribution in [1.82, 2.24) is 0 Å². The van der Waals surface area contributed by atoms with Crippen LogP contribution in [0, 0.1) is 0 Å². The van der Waals surface area contributed by atoms with Gasteiger partial charge in [0.25, 0.3) is 5.97 Å². The molecule has 0 spiro atoms. The Labute approximate surface area is 126 Å². The van der Waals surface area contributed by atoms with Gasteiger partial charge in [-0.2, -0.15) is 5.70 Å². The molecule has 0 aliphatic carbocycles. The van der Waals surface area contributed by atoms with Crippen molar-refractivity contribution in [2.75, 3.05) is 0 Å². The Morgan fingerprint density at radius 2 is 1.11 bits per heavy atom. The Hall–Kier alpha value is -1.46. The van der Waals surface area contributed by atoms with E-state index in [4.69, 9.17) is 20.7 Å². The molecule has 0 aromatic rings. The molecule has 1 radical (unpaired) electrons. The van der Waals surface area contributed by atoms with E-state index in [0.29, 0.717) is 5.70 Å². The monoisotopic (exact) mass is 451 g/mol. The molecule has 0 amide bonds. The number of nitrogens with one attached hydrogen (secondary N) is 1. The van der Waals surface area contributed by atoms with Gasteiger partial charge in [0.15, 0.2) is 11.6 Å². The third-order valence-corrected chi connectivity index (χ3v) is 0.832. The smallest absolute Gasteiger partial charge is 0.300 e. The second-order valence-electron chi connectivity index (χ2n) is 3.35. The van der Waals surface area contributed by atoms with Crippen molar-refractivity contribution in [2.45, 2.75) is 34.6 Å². The van der Waals surface area contributed by atoms with Gasteiger partial charge in [-0.05, 0) is 26.8 Å². The summed E-state index contributed by atoms with van der Waals surface area (Å²) in [6, 6.07) is 0. The van der Waals surface area contributed by atoms with Crippen LogP contribution >= 0.6 is 0 Å². The van der Waals surface area contributed by atoms with E-state index in [1.807, 2.05) is 0 Å². The first kappa shape index (κ1) is 26.2. The molecule has 0 saturated heterocycles. The molecule has 0 atom stereocenters.